The lowest BCUT2D eigenvalue weighted by Gasteiger charge is -2.06. The molecule has 7 heteroatoms. The van der Waals surface area contributed by atoms with Gasteiger partial charge in [-0.1, -0.05) is 6.07 Å². The van der Waals surface area contributed by atoms with Gasteiger partial charge >= 0.3 is 11.2 Å². The van der Waals surface area contributed by atoms with Crippen molar-refractivity contribution in [1.29, 1.82) is 0 Å². The fourth-order valence-corrected chi connectivity index (χ4v) is 2.61. The quantitative estimate of drug-likeness (QED) is 0.736. The van der Waals surface area contributed by atoms with Crippen molar-refractivity contribution in [2.75, 3.05) is 0 Å². The Balaban J connectivity index is 1.88. The largest absolute Gasteiger partial charge is 0.350 e. The number of aromatic nitrogens is 4. The highest BCUT2D eigenvalue weighted by molar-refractivity contribution is 5.41. The maximum atomic E-state index is 13.7. The molecule has 0 amide bonds. The second kappa shape index (κ2) is 4.91. The normalized spacial score (nSPS) is 14.5. The van der Waals surface area contributed by atoms with Gasteiger partial charge in [0, 0.05) is 18.9 Å². The van der Waals surface area contributed by atoms with Gasteiger partial charge in [-0.15, -0.1) is 5.10 Å². The molecule has 23 heavy (non-hydrogen) atoms. The minimum atomic E-state index is -0.442. The molecular weight excluding hydrogens is 299 g/mol. The zero-order valence-corrected chi connectivity index (χ0v) is 12.6. The molecule has 0 aliphatic heterocycles. The molecule has 1 fully saturated rings. The van der Waals surface area contributed by atoms with Crippen LogP contribution in [0.1, 0.15) is 18.4 Å². The minimum absolute atomic E-state index is 0.0548. The first-order valence-electron chi connectivity index (χ1n) is 7.52. The summed E-state index contributed by atoms with van der Waals surface area (Å²) in [6.45, 7) is 2.20. The number of hydrogen-bond donors (Lipinski definition) is 0. The molecule has 6 nitrogen and oxygen atoms in total. The fourth-order valence-electron chi connectivity index (χ4n) is 2.61. The predicted octanol–water partition coefficient (Wildman–Crippen LogP) is 1.50. The fraction of sp³-hybridized carbons (Fsp3) is 0.312. The zero-order chi connectivity index (χ0) is 16.1. The van der Waals surface area contributed by atoms with Crippen LogP contribution in [0.5, 0.6) is 0 Å². The minimum Gasteiger partial charge on any atom is -0.279 e. The van der Waals surface area contributed by atoms with E-state index in [9.17, 15) is 14.0 Å². The number of rotatable bonds is 3. The number of benzene rings is 1. The van der Waals surface area contributed by atoms with Crippen molar-refractivity contribution in [3.8, 4) is 5.69 Å². The summed E-state index contributed by atoms with van der Waals surface area (Å²) in [4.78, 5) is 24.8. The predicted molar refractivity (Wildman–Crippen MR) is 82.5 cm³/mol. The molecule has 4 rings (SSSR count). The standard InChI is InChI=1S/C16H15FN4O2/c1-10-2-5-12(8-13(10)17)19-6-7-20-14(15(19)22)18-21(16(20)23)9-11-3-4-11/h2,5-8,11H,3-4,9H2,1H3. The number of nitrogens with zero attached hydrogens (tertiary/aromatic N) is 4. The van der Waals surface area contributed by atoms with Crippen LogP contribution in [0.2, 0.25) is 0 Å². The van der Waals surface area contributed by atoms with Gasteiger partial charge < -0.3 is 0 Å². The second-order valence-corrected chi connectivity index (χ2v) is 6.01. The average molecular weight is 314 g/mol. The zero-order valence-electron chi connectivity index (χ0n) is 12.6. The molecule has 3 aromatic rings. The van der Waals surface area contributed by atoms with Gasteiger partial charge in [0.1, 0.15) is 5.82 Å². The summed E-state index contributed by atoms with van der Waals surface area (Å²) in [6.07, 6.45) is 5.14. The van der Waals surface area contributed by atoms with Gasteiger partial charge in [-0.25, -0.2) is 18.3 Å². The van der Waals surface area contributed by atoms with Crippen LogP contribution in [0, 0.1) is 18.7 Å². The highest BCUT2D eigenvalue weighted by Crippen LogP contribution is 2.29. The first-order chi connectivity index (χ1) is 11.0. The van der Waals surface area contributed by atoms with E-state index >= 15 is 0 Å². The third kappa shape index (κ3) is 2.28. The summed E-state index contributed by atoms with van der Waals surface area (Å²) >= 11 is 0. The molecule has 0 radical (unpaired) electrons. The summed E-state index contributed by atoms with van der Waals surface area (Å²) in [5.41, 5.74) is 0.213. The Hall–Kier alpha value is -2.70. The van der Waals surface area contributed by atoms with Crippen molar-refractivity contribution in [2.45, 2.75) is 26.3 Å². The highest BCUT2D eigenvalue weighted by atomic mass is 19.1. The Morgan fingerprint density at radius 2 is 2.04 bits per heavy atom. The van der Waals surface area contributed by atoms with Gasteiger partial charge in [0.25, 0.3) is 0 Å². The van der Waals surface area contributed by atoms with E-state index in [-0.39, 0.29) is 17.2 Å². The van der Waals surface area contributed by atoms with Gasteiger partial charge in [-0.3, -0.25) is 9.36 Å². The topological polar surface area (TPSA) is 61.3 Å². The van der Waals surface area contributed by atoms with Crippen molar-refractivity contribution >= 4 is 5.65 Å². The molecule has 118 valence electrons. The number of halogens is 1. The number of fused-ring (bicyclic) bond motifs is 1. The van der Waals surface area contributed by atoms with Crippen LogP contribution in [0.25, 0.3) is 11.3 Å². The molecular formula is C16H15FN4O2. The van der Waals surface area contributed by atoms with E-state index in [1.165, 1.54) is 32.1 Å². The van der Waals surface area contributed by atoms with E-state index in [0.717, 1.165) is 12.8 Å². The second-order valence-electron chi connectivity index (χ2n) is 6.01. The van der Waals surface area contributed by atoms with Gasteiger partial charge in [-0.2, -0.15) is 0 Å². The molecule has 2 heterocycles. The average Bonchev–Trinajstić information content (AvgIpc) is 3.29. The molecule has 0 N–H and O–H groups in total. The van der Waals surface area contributed by atoms with E-state index in [1.54, 1.807) is 19.1 Å². The van der Waals surface area contributed by atoms with Crippen LogP contribution < -0.4 is 11.2 Å². The lowest BCUT2D eigenvalue weighted by molar-refractivity contribution is 0.545. The summed E-state index contributed by atoms with van der Waals surface area (Å²) < 4.78 is 17.6. The van der Waals surface area contributed by atoms with E-state index < -0.39 is 5.56 Å². The van der Waals surface area contributed by atoms with Crippen LogP contribution in [-0.4, -0.2) is 18.7 Å². The van der Waals surface area contributed by atoms with Gasteiger partial charge in [0.2, 0.25) is 5.65 Å². The smallest absolute Gasteiger partial charge is 0.279 e. The molecule has 1 saturated carbocycles. The maximum Gasteiger partial charge on any atom is 0.350 e. The maximum absolute atomic E-state index is 13.7. The first-order valence-corrected chi connectivity index (χ1v) is 7.52. The molecule has 0 saturated heterocycles. The van der Waals surface area contributed by atoms with Crippen molar-refractivity contribution in [3.63, 3.8) is 0 Å². The molecule has 2 aromatic heterocycles. The first kappa shape index (κ1) is 13.9. The van der Waals surface area contributed by atoms with Crippen LogP contribution in [0.4, 0.5) is 4.39 Å². The monoisotopic (exact) mass is 314 g/mol. The summed E-state index contributed by atoms with van der Waals surface area (Å²) in [6, 6.07) is 4.57. The van der Waals surface area contributed by atoms with E-state index in [2.05, 4.69) is 5.10 Å². The molecule has 1 aliphatic rings. The van der Waals surface area contributed by atoms with Crippen LogP contribution >= 0.6 is 0 Å². The van der Waals surface area contributed by atoms with E-state index in [0.29, 0.717) is 23.7 Å². The lowest BCUT2D eigenvalue weighted by atomic mass is 10.2. The molecule has 0 atom stereocenters. The van der Waals surface area contributed by atoms with Gasteiger partial charge in [-0.05, 0) is 43.4 Å². The Morgan fingerprint density at radius 3 is 2.74 bits per heavy atom. The number of aryl methyl sites for hydroxylation is 1. The van der Waals surface area contributed by atoms with Crippen molar-refractivity contribution in [2.24, 2.45) is 5.92 Å². The third-order valence-electron chi connectivity index (χ3n) is 4.21. The van der Waals surface area contributed by atoms with Gasteiger partial charge in [0.15, 0.2) is 0 Å². The van der Waals surface area contributed by atoms with Crippen LogP contribution in [0.3, 0.4) is 0 Å². The van der Waals surface area contributed by atoms with Crippen molar-refractivity contribution in [3.05, 3.63) is 62.8 Å². The third-order valence-corrected chi connectivity index (χ3v) is 4.21. The molecule has 1 aromatic carbocycles. The molecule has 0 spiro atoms. The summed E-state index contributed by atoms with van der Waals surface area (Å²) in [5, 5.41) is 4.16. The number of hydrogen-bond acceptors (Lipinski definition) is 3. The van der Waals surface area contributed by atoms with Crippen molar-refractivity contribution < 1.29 is 4.39 Å². The molecule has 0 bridgehead atoms. The summed E-state index contributed by atoms with van der Waals surface area (Å²) in [7, 11) is 0. The lowest BCUT2D eigenvalue weighted by Crippen LogP contribution is -2.24. The molecule has 1 aliphatic carbocycles. The van der Waals surface area contributed by atoms with Gasteiger partial charge in [0.05, 0.1) is 5.69 Å². The molecule has 0 unspecified atom stereocenters. The Morgan fingerprint density at radius 1 is 1.26 bits per heavy atom. The Labute approximate surface area is 130 Å². The van der Waals surface area contributed by atoms with E-state index in [4.69, 9.17) is 0 Å². The van der Waals surface area contributed by atoms with Crippen molar-refractivity contribution in [1.82, 2.24) is 18.7 Å². The Bertz CT molecular complexity index is 1030. The highest BCUT2D eigenvalue weighted by Gasteiger charge is 2.24. The van der Waals surface area contributed by atoms with E-state index in [1.807, 2.05) is 0 Å². The Kier molecular flexibility index (Phi) is 2.97. The summed E-state index contributed by atoms with van der Waals surface area (Å²) in [5.74, 6) is 0.0944. The van der Waals surface area contributed by atoms with Crippen LogP contribution in [-0.2, 0) is 6.54 Å². The van der Waals surface area contributed by atoms with Crippen LogP contribution in [0.15, 0.2) is 40.2 Å². The SMILES string of the molecule is Cc1ccc(-n2ccn3c(=O)n(CC4CC4)nc3c2=O)cc1F.